The number of carbonyl (C=O) groups is 1. The first-order valence-electron chi connectivity index (χ1n) is 1.79. The summed E-state index contributed by atoms with van der Waals surface area (Å²) in [6, 6.07) is 0. The van der Waals surface area contributed by atoms with Gasteiger partial charge in [0.15, 0.2) is 4.46 Å². The zero-order valence-electron chi connectivity index (χ0n) is 4.07. The van der Waals surface area contributed by atoms with Gasteiger partial charge in [-0.05, 0) is 6.92 Å². The van der Waals surface area contributed by atoms with Crippen molar-refractivity contribution in [2.75, 3.05) is 0 Å². The van der Waals surface area contributed by atoms with Crippen LogP contribution in [0, 0.1) is 0 Å². The zero-order valence-corrected chi connectivity index (χ0v) is 5.58. The normalized spacial score (nSPS) is 10.9. The van der Waals surface area contributed by atoms with Crippen molar-refractivity contribution in [3.05, 3.63) is 0 Å². The van der Waals surface area contributed by atoms with Crippen LogP contribution in [0.25, 0.3) is 0 Å². The maximum Gasteiger partial charge on any atom is 0.452 e. The zero-order chi connectivity index (χ0) is 6.78. The summed E-state index contributed by atoms with van der Waals surface area (Å²) in [5.74, 6) is 0. The summed E-state index contributed by atoms with van der Waals surface area (Å²) in [5, 5.41) is 11.3. The molecule has 1 amide bonds. The Labute approximate surface area is 56.6 Å². The Kier molecular flexibility index (Phi) is 2.37. The van der Waals surface area contributed by atoms with E-state index in [-0.39, 0.29) is 0 Å². The van der Waals surface area contributed by atoms with Crippen LogP contribution < -0.4 is 5.32 Å². The lowest BCUT2D eigenvalue weighted by Crippen LogP contribution is -2.34. The molecule has 0 aliphatic heterocycles. The van der Waals surface area contributed by atoms with Crippen LogP contribution in [-0.4, -0.2) is 10.6 Å². The van der Waals surface area contributed by atoms with Crippen molar-refractivity contribution in [3.63, 3.8) is 0 Å². The molecule has 5 heteroatoms. The highest BCUT2D eigenvalue weighted by Gasteiger charge is 2.18. The third-order valence-electron chi connectivity index (χ3n) is 0.322. The summed E-state index contributed by atoms with van der Waals surface area (Å²) in [6.45, 7) is 1.28. The number of hydrogen-bond acceptors (Lipinski definition) is 1. The molecule has 0 spiro atoms. The van der Waals surface area contributed by atoms with Crippen LogP contribution in [0.2, 0.25) is 0 Å². The van der Waals surface area contributed by atoms with Gasteiger partial charge in [-0.3, -0.25) is 5.32 Å². The highest BCUT2D eigenvalue weighted by atomic mass is 35.5. The van der Waals surface area contributed by atoms with E-state index in [2.05, 4.69) is 0 Å². The number of carbonyl (C=O) groups excluding carboxylic acids is 1. The average molecular weight is 157 g/mol. The van der Waals surface area contributed by atoms with Crippen molar-refractivity contribution in [2.45, 2.75) is 11.4 Å². The third-order valence-corrected chi connectivity index (χ3v) is 0.511. The van der Waals surface area contributed by atoms with Gasteiger partial charge in [0.2, 0.25) is 0 Å². The maximum absolute atomic E-state index is 9.62. The molecule has 47 valence electrons. The van der Waals surface area contributed by atoms with E-state index < -0.39 is 10.6 Å². The predicted octanol–water partition coefficient (Wildman–Crippen LogP) is 1.28. The lowest BCUT2D eigenvalue weighted by atomic mass is 10.7. The Balaban J connectivity index is 3.55. The molecule has 0 saturated carbocycles. The summed E-state index contributed by atoms with van der Waals surface area (Å²) >= 11 is 10.3. The van der Waals surface area contributed by atoms with Gasteiger partial charge >= 0.3 is 6.09 Å². The van der Waals surface area contributed by atoms with Crippen molar-refractivity contribution in [2.24, 2.45) is 0 Å². The Morgan fingerprint density at radius 3 is 2.00 bits per heavy atom. The quantitative estimate of drug-likeness (QED) is 0.452. The van der Waals surface area contributed by atoms with Crippen LogP contribution in [0.5, 0.6) is 0 Å². The molecule has 1 radical (unpaired) electrons. The standard InChI is InChI=1S/C3H4Cl2NO2/c1-3(4,5)6-2(7)8/h6H,1H3. The molecule has 0 aromatic heterocycles. The van der Waals surface area contributed by atoms with Gasteiger partial charge in [-0.25, -0.2) is 9.90 Å². The fourth-order valence-electron chi connectivity index (χ4n) is 0.179. The number of amides is 1. The number of rotatable bonds is 1. The van der Waals surface area contributed by atoms with Crippen LogP contribution in [0.1, 0.15) is 6.92 Å². The van der Waals surface area contributed by atoms with Gasteiger partial charge in [-0.15, -0.1) is 0 Å². The topological polar surface area (TPSA) is 49.0 Å². The first-order chi connectivity index (χ1) is 3.42. The van der Waals surface area contributed by atoms with Gasteiger partial charge in [0.25, 0.3) is 0 Å². The van der Waals surface area contributed by atoms with Crippen molar-refractivity contribution in [1.29, 1.82) is 0 Å². The second-order valence-electron chi connectivity index (χ2n) is 1.30. The van der Waals surface area contributed by atoms with E-state index in [1.54, 1.807) is 5.32 Å². The van der Waals surface area contributed by atoms with Gasteiger partial charge in [0, 0.05) is 0 Å². The van der Waals surface area contributed by atoms with Gasteiger partial charge in [0.1, 0.15) is 0 Å². The van der Waals surface area contributed by atoms with Gasteiger partial charge in [-0.2, -0.15) is 0 Å². The molecule has 0 heterocycles. The van der Waals surface area contributed by atoms with Crippen molar-refractivity contribution in [3.8, 4) is 0 Å². The molecule has 3 nitrogen and oxygen atoms in total. The summed E-state index contributed by atoms with van der Waals surface area (Å²) in [5.41, 5.74) is 0. The highest BCUT2D eigenvalue weighted by molar-refractivity contribution is 6.48. The largest absolute Gasteiger partial charge is 0.452 e. The van der Waals surface area contributed by atoms with Crippen LogP contribution in [0.3, 0.4) is 0 Å². The Hall–Kier alpha value is -0.150. The summed E-state index contributed by atoms with van der Waals surface area (Å²) in [6.07, 6.45) is -1.49. The number of alkyl halides is 2. The van der Waals surface area contributed by atoms with Crippen LogP contribution >= 0.6 is 23.2 Å². The second-order valence-corrected chi connectivity index (χ2v) is 3.01. The fourth-order valence-corrected chi connectivity index (χ4v) is 0.334. The molecule has 0 bridgehead atoms. The minimum Gasteiger partial charge on any atom is -0.287 e. The molecule has 0 fully saturated rings. The highest BCUT2D eigenvalue weighted by Crippen LogP contribution is 2.13. The van der Waals surface area contributed by atoms with E-state index >= 15 is 0 Å². The van der Waals surface area contributed by atoms with E-state index in [1.165, 1.54) is 6.92 Å². The van der Waals surface area contributed by atoms with Gasteiger partial charge in [0.05, 0.1) is 0 Å². The van der Waals surface area contributed by atoms with Crippen LogP contribution in [0.15, 0.2) is 0 Å². The molecule has 0 aliphatic carbocycles. The molecule has 0 unspecified atom stereocenters. The van der Waals surface area contributed by atoms with E-state index in [1.807, 2.05) is 0 Å². The van der Waals surface area contributed by atoms with E-state index in [9.17, 15) is 9.90 Å². The fraction of sp³-hybridized carbons (Fsp3) is 0.667. The van der Waals surface area contributed by atoms with Crippen molar-refractivity contribution >= 4 is 29.3 Å². The lowest BCUT2D eigenvalue weighted by molar-refractivity contribution is 0.166. The molecule has 0 aromatic rings. The van der Waals surface area contributed by atoms with Crippen molar-refractivity contribution in [1.82, 2.24) is 5.32 Å². The Morgan fingerprint density at radius 2 is 2.00 bits per heavy atom. The molecule has 8 heavy (non-hydrogen) atoms. The second kappa shape index (κ2) is 2.42. The number of nitrogens with one attached hydrogen (secondary N) is 1. The van der Waals surface area contributed by atoms with E-state index in [0.29, 0.717) is 0 Å². The van der Waals surface area contributed by atoms with Gasteiger partial charge < -0.3 is 0 Å². The smallest absolute Gasteiger partial charge is 0.287 e. The maximum atomic E-state index is 9.62. The summed E-state index contributed by atoms with van der Waals surface area (Å²) in [7, 11) is 0. The monoisotopic (exact) mass is 156 g/mol. The predicted molar refractivity (Wildman–Crippen MR) is 29.3 cm³/mol. The SMILES string of the molecule is CC(Cl)(Cl)NC([O])=O. The van der Waals surface area contributed by atoms with Gasteiger partial charge in [-0.1, -0.05) is 23.2 Å². The molecule has 0 aliphatic rings. The lowest BCUT2D eigenvalue weighted by Gasteiger charge is -2.09. The van der Waals surface area contributed by atoms with Crippen LogP contribution in [0.4, 0.5) is 4.79 Å². The Morgan fingerprint density at radius 1 is 1.62 bits per heavy atom. The summed E-state index contributed by atoms with van der Waals surface area (Å²) < 4.78 is -1.45. The minimum absolute atomic E-state index is 1.28. The molecule has 0 saturated heterocycles. The number of hydrogen-bond donors (Lipinski definition) is 1. The summed E-state index contributed by atoms with van der Waals surface area (Å²) in [4.78, 5) is 9.62. The average Bonchev–Trinajstić information content (AvgIpc) is 1.21. The first kappa shape index (κ1) is 7.85. The molecular formula is C3H4Cl2NO2. The van der Waals surface area contributed by atoms with Crippen molar-refractivity contribution < 1.29 is 9.90 Å². The van der Waals surface area contributed by atoms with Crippen LogP contribution in [-0.2, 0) is 5.11 Å². The molecule has 1 N–H and O–H groups in total. The molecular weight excluding hydrogens is 153 g/mol. The van der Waals surface area contributed by atoms with E-state index in [4.69, 9.17) is 23.2 Å². The number of halogens is 2. The molecule has 0 rings (SSSR count). The molecule has 0 atom stereocenters. The molecule has 0 aromatic carbocycles. The van der Waals surface area contributed by atoms with E-state index in [0.717, 1.165) is 0 Å². The Bertz CT molecular complexity index is 97.9. The third kappa shape index (κ3) is 5.85. The first-order valence-corrected chi connectivity index (χ1v) is 2.54. The minimum atomic E-state index is -1.49.